The number of carboxylic acids is 1. The highest BCUT2D eigenvalue weighted by Gasteiger charge is 2.29. The molecule has 0 aliphatic carbocycles. The van der Waals surface area contributed by atoms with Gasteiger partial charge in [0.15, 0.2) is 11.5 Å². The third kappa shape index (κ3) is 2.51. The fraction of sp³-hybridized carbons (Fsp3) is 0.500. The number of hydrogen-bond acceptors (Lipinski definition) is 4. The van der Waals surface area contributed by atoms with Gasteiger partial charge in [-0.15, -0.1) is 0 Å². The summed E-state index contributed by atoms with van der Waals surface area (Å²) >= 11 is 0. The minimum Gasteiger partial charge on any atom is -0.486 e. The molecular weight excluding hydrogens is 248 g/mol. The highest BCUT2D eigenvalue weighted by Crippen LogP contribution is 2.35. The summed E-state index contributed by atoms with van der Waals surface area (Å²) in [5.41, 5.74) is 0.767. The Balaban J connectivity index is 1.82. The van der Waals surface area contributed by atoms with E-state index in [-0.39, 0.29) is 0 Å². The maximum atomic E-state index is 11.4. The standard InChI is InChI=1S/C14H16O5/c15-14(16)11(5-9-7-17-8-9)10-1-2-12-13(6-10)19-4-3-18-12/h1-2,6,9,11H,3-5,7-8H2,(H,15,16). The van der Waals surface area contributed by atoms with Gasteiger partial charge in [-0.3, -0.25) is 4.79 Å². The molecule has 0 saturated carbocycles. The van der Waals surface area contributed by atoms with Crippen LogP contribution in [0.2, 0.25) is 0 Å². The van der Waals surface area contributed by atoms with E-state index in [1.165, 1.54) is 0 Å². The molecule has 3 rings (SSSR count). The number of rotatable bonds is 4. The Kier molecular flexibility index (Phi) is 3.29. The maximum absolute atomic E-state index is 11.4. The zero-order chi connectivity index (χ0) is 13.2. The molecule has 1 saturated heterocycles. The molecule has 1 aromatic carbocycles. The summed E-state index contributed by atoms with van der Waals surface area (Å²) in [6.45, 7) is 2.36. The zero-order valence-electron chi connectivity index (χ0n) is 10.5. The highest BCUT2D eigenvalue weighted by molar-refractivity contribution is 5.76. The monoisotopic (exact) mass is 264 g/mol. The molecule has 1 unspecified atom stereocenters. The van der Waals surface area contributed by atoms with E-state index in [0.717, 1.165) is 5.56 Å². The van der Waals surface area contributed by atoms with Crippen LogP contribution in [-0.4, -0.2) is 37.5 Å². The third-order valence-corrected chi connectivity index (χ3v) is 3.54. The van der Waals surface area contributed by atoms with Gasteiger partial charge in [0.25, 0.3) is 0 Å². The van der Waals surface area contributed by atoms with Crippen molar-refractivity contribution in [3.8, 4) is 11.5 Å². The number of ether oxygens (including phenoxy) is 3. The van der Waals surface area contributed by atoms with Crippen molar-refractivity contribution in [3.63, 3.8) is 0 Å². The zero-order valence-corrected chi connectivity index (χ0v) is 10.5. The van der Waals surface area contributed by atoms with Crippen molar-refractivity contribution < 1.29 is 24.1 Å². The van der Waals surface area contributed by atoms with Gasteiger partial charge in [0.2, 0.25) is 0 Å². The number of carboxylic acid groups (broad SMARTS) is 1. The predicted octanol–water partition coefficient (Wildman–Crippen LogP) is 1.66. The van der Waals surface area contributed by atoms with Crippen LogP contribution in [-0.2, 0) is 9.53 Å². The van der Waals surface area contributed by atoms with Crippen LogP contribution >= 0.6 is 0 Å². The van der Waals surface area contributed by atoms with Crippen molar-refractivity contribution in [1.29, 1.82) is 0 Å². The summed E-state index contributed by atoms with van der Waals surface area (Å²) in [5, 5.41) is 9.39. The number of fused-ring (bicyclic) bond motifs is 1. The maximum Gasteiger partial charge on any atom is 0.310 e. The number of hydrogen-bond donors (Lipinski definition) is 1. The first-order valence-electron chi connectivity index (χ1n) is 6.44. The van der Waals surface area contributed by atoms with Crippen LogP contribution in [0.4, 0.5) is 0 Å². The molecule has 1 atom stereocenters. The largest absolute Gasteiger partial charge is 0.486 e. The average molecular weight is 264 g/mol. The van der Waals surface area contributed by atoms with Crippen LogP contribution in [0.3, 0.4) is 0 Å². The first-order chi connectivity index (χ1) is 9.24. The molecule has 102 valence electrons. The van der Waals surface area contributed by atoms with Gasteiger partial charge in [0, 0.05) is 5.92 Å². The van der Waals surface area contributed by atoms with E-state index >= 15 is 0 Å². The Bertz CT molecular complexity index is 481. The Morgan fingerprint density at radius 1 is 1.26 bits per heavy atom. The minimum atomic E-state index is -0.802. The lowest BCUT2D eigenvalue weighted by Gasteiger charge is -2.29. The molecule has 5 nitrogen and oxygen atoms in total. The Morgan fingerprint density at radius 3 is 2.63 bits per heavy atom. The summed E-state index contributed by atoms with van der Waals surface area (Å²) < 4.78 is 16.0. The Morgan fingerprint density at radius 2 is 2.00 bits per heavy atom. The number of benzene rings is 1. The molecule has 0 spiro atoms. The second-order valence-electron chi connectivity index (χ2n) is 4.93. The Labute approximate surface area is 111 Å². The van der Waals surface area contributed by atoms with E-state index in [4.69, 9.17) is 14.2 Å². The van der Waals surface area contributed by atoms with Crippen molar-refractivity contribution in [2.24, 2.45) is 5.92 Å². The van der Waals surface area contributed by atoms with Crippen LogP contribution in [0, 0.1) is 5.92 Å². The second kappa shape index (κ2) is 5.09. The van der Waals surface area contributed by atoms with Crippen molar-refractivity contribution in [2.75, 3.05) is 26.4 Å². The molecule has 1 fully saturated rings. The van der Waals surface area contributed by atoms with Gasteiger partial charge >= 0.3 is 5.97 Å². The average Bonchev–Trinajstić information content (AvgIpc) is 2.36. The van der Waals surface area contributed by atoms with Crippen LogP contribution in [0.25, 0.3) is 0 Å². The lowest BCUT2D eigenvalue weighted by Crippen LogP contribution is -2.30. The smallest absolute Gasteiger partial charge is 0.310 e. The summed E-state index contributed by atoms with van der Waals surface area (Å²) in [4.78, 5) is 11.4. The van der Waals surface area contributed by atoms with Gasteiger partial charge < -0.3 is 19.3 Å². The van der Waals surface area contributed by atoms with Gasteiger partial charge in [0.1, 0.15) is 13.2 Å². The molecule has 2 aliphatic rings. The third-order valence-electron chi connectivity index (χ3n) is 3.54. The van der Waals surface area contributed by atoms with E-state index < -0.39 is 11.9 Å². The van der Waals surface area contributed by atoms with Crippen molar-refractivity contribution in [2.45, 2.75) is 12.3 Å². The summed E-state index contributed by atoms with van der Waals surface area (Å²) in [5.74, 6) is 0.355. The van der Waals surface area contributed by atoms with E-state index in [1.807, 2.05) is 6.07 Å². The predicted molar refractivity (Wildman–Crippen MR) is 66.7 cm³/mol. The second-order valence-corrected chi connectivity index (χ2v) is 4.93. The fourth-order valence-electron chi connectivity index (χ4n) is 2.41. The summed E-state index contributed by atoms with van der Waals surface area (Å²) in [7, 11) is 0. The van der Waals surface area contributed by atoms with Gasteiger partial charge in [-0.05, 0) is 24.1 Å². The molecule has 5 heteroatoms. The first kappa shape index (κ1) is 12.3. The SMILES string of the molecule is O=C(O)C(CC1COC1)c1ccc2c(c1)OCCO2. The fourth-order valence-corrected chi connectivity index (χ4v) is 2.41. The summed E-state index contributed by atoms with van der Waals surface area (Å²) in [6, 6.07) is 5.38. The van der Waals surface area contributed by atoms with E-state index in [2.05, 4.69) is 0 Å². The topological polar surface area (TPSA) is 65.0 Å². The molecule has 19 heavy (non-hydrogen) atoms. The molecular formula is C14H16O5. The Hall–Kier alpha value is -1.75. The lowest BCUT2D eigenvalue weighted by molar-refractivity contribution is -0.140. The van der Waals surface area contributed by atoms with Crippen LogP contribution in [0.1, 0.15) is 17.9 Å². The van der Waals surface area contributed by atoms with Gasteiger partial charge in [-0.25, -0.2) is 0 Å². The van der Waals surface area contributed by atoms with Gasteiger partial charge in [-0.1, -0.05) is 6.07 Å². The lowest BCUT2D eigenvalue weighted by atomic mass is 9.87. The molecule has 0 radical (unpaired) electrons. The summed E-state index contributed by atoms with van der Waals surface area (Å²) in [6.07, 6.45) is 0.606. The van der Waals surface area contributed by atoms with E-state index in [9.17, 15) is 9.90 Å². The minimum absolute atomic E-state index is 0.342. The quantitative estimate of drug-likeness (QED) is 0.896. The van der Waals surface area contributed by atoms with E-state index in [0.29, 0.717) is 50.3 Å². The van der Waals surface area contributed by atoms with Crippen molar-refractivity contribution in [3.05, 3.63) is 23.8 Å². The van der Waals surface area contributed by atoms with Crippen LogP contribution in [0.5, 0.6) is 11.5 Å². The molecule has 0 amide bonds. The van der Waals surface area contributed by atoms with Crippen molar-refractivity contribution in [1.82, 2.24) is 0 Å². The number of aliphatic carboxylic acids is 1. The molecule has 0 aromatic heterocycles. The van der Waals surface area contributed by atoms with Crippen LogP contribution in [0.15, 0.2) is 18.2 Å². The highest BCUT2D eigenvalue weighted by atomic mass is 16.6. The molecule has 2 heterocycles. The van der Waals surface area contributed by atoms with Gasteiger partial charge in [0.05, 0.1) is 19.1 Å². The van der Waals surface area contributed by atoms with E-state index in [1.54, 1.807) is 12.1 Å². The normalized spacial score (nSPS) is 19.6. The molecule has 1 aromatic rings. The molecule has 0 bridgehead atoms. The van der Waals surface area contributed by atoms with Crippen molar-refractivity contribution >= 4 is 5.97 Å². The van der Waals surface area contributed by atoms with Gasteiger partial charge in [-0.2, -0.15) is 0 Å². The molecule has 2 aliphatic heterocycles. The molecule has 1 N–H and O–H groups in total. The first-order valence-corrected chi connectivity index (χ1v) is 6.44. The van der Waals surface area contributed by atoms with Crippen LogP contribution < -0.4 is 9.47 Å². The number of carbonyl (C=O) groups is 1.